The maximum atomic E-state index is 12.7. The summed E-state index contributed by atoms with van der Waals surface area (Å²) in [4.78, 5) is 29.1. The number of nitrogens with zero attached hydrogens (tertiary/aromatic N) is 2. The first-order chi connectivity index (χ1) is 14.1. The van der Waals surface area contributed by atoms with Crippen LogP contribution in [0.4, 0.5) is 5.69 Å². The fraction of sp³-hybridized carbons (Fsp3) is 0.364. The third-order valence-corrected chi connectivity index (χ3v) is 5.12. The van der Waals surface area contributed by atoms with Crippen LogP contribution in [0.3, 0.4) is 0 Å². The third-order valence-electron chi connectivity index (χ3n) is 5.12. The predicted molar refractivity (Wildman–Crippen MR) is 107 cm³/mol. The molecule has 152 valence electrons. The Balaban J connectivity index is 1.28. The van der Waals surface area contributed by atoms with Crippen LogP contribution in [0.2, 0.25) is 0 Å². The predicted octanol–water partition coefficient (Wildman–Crippen LogP) is 2.11. The van der Waals surface area contributed by atoms with E-state index >= 15 is 0 Å². The first-order valence-corrected chi connectivity index (χ1v) is 9.79. The van der Waals surface area contributed by atoms with Crippen LogP contribution in [-0.4, -0.2) is 61.8 Å². The number of benzene rings is 2. The Morgan fingerprint density at radius 1 is 0.966 bits per heavy atom. The minimum atomic E-state index is -0.880. The van der Waals surface area contributed by atoms with Crippen LogP contribution < -0.4 is 14.4 Å². The van der Waals surface area contributed by atoms with E-state index < -0.39 is 18.2 Å². The van der Waals surface area contributed by atoms with Gasteiger partial charge in [0.15, 0.2) is 17.6 Å². The Kier molecular flexibility index (Phi) is 5.55. The molecule has 0 unspecified atom stereocenters. The average molecular weight is 396 g/mol. The lowest BCUT2D eigenvalue weighted by molar-refractivity contribution is -0.166. The van der Waals surface area contributed by atoms with Crippen molar-refractivity contribution in [1.29, 1.82) is 0 Å². The molecule has 0 saturated carbocycles. The lowest BCUT2D eigenvalue weighted by atomic mass is 10.2. The highest BCUT2D eigenvalue weighted by atomic mass is 16.6. The van der Waals surface area contributed by atoms with Gasteiger partial charge in [-0.25, -0.2) is 4.79 Å². The van der Waals surface area contributed by atoms with Gasteiger partial charge in [0.2, 0.25) is 6.10 Å². The number of hydrogen-bond acceptors (Lipinski definition) is 6. The summed E-state index contributed by atoms with van der Waals surface area (Å²) in [6.45, 7) is 4.32. The molecular weight excluding hydrogens is 372 g/mol. The number of amides is 1. The summed E-state index contributed by atoms with van der Waals surface area (Å²) in [5.74, 6) is 0.306. The SMILES string of the molecule is C[C@H](OC(=O)[C@H]1COc2ccccc2O1)C(=O)N1CCN(c2ccccc2)CC1. The van der Waals surface area contributed by atoms with Crippen LogP contribution >= 0.6 is 0 Å². The molecule has 0 aliphatic carbocycles. The van der Waals surface area contributed by atoms with Gasteiger partial charge in [-0.3, -0.25) is 4.79 Å². The van der Waals surface area contributed by atoms with Crippen molar-refractivity contribution in [3.05, 3.63) is 54.6 Å². The van der Waals surface area contributed by atoms with E-state index in [2.05, 4.69) is 17.0 Å². The van der Waals surface area contributed by atoms with Gasteiger partial charge in [0.25, 0.3) is 5.91 Å². The highest BCUT2D eigenvalue weighted by Crippen LogP contribution is 2.31. The van der Waals surface area contributed by atoms with Gasteiger partial charge in [0, 0.05) is 31.9 Å². The molecule has 0 radical (unpaired) electrons. The van der Waals surface area contributed by atoms with Crippen LogP contribution in [0, 0.1) is 0 Å². The molecule has 1 saturated heterocycles. The molecule has 29 heavy (non-hydrogen) atoms. The molecule has 2 atom stereocenters. The second-order valence-electron chi connectivity index (χ2n) is 7.09. The van der Waals surface area contributed by atoms with Crippen molar-refractivity contribution in [2.24, 2.45) is 0 Å². The van der Waals surface area contributed by atoms with Crippen LogP contribution in [-0.2, 0) is 14.3 Å². The van der Waals surface area contributed by atoms with Gasteiger partial charge >= 0.3 is 5.97 Å². The summed E-state index contributed by atoms with van der Waals surface area (Å²) in [5.41, 5.74) is 1.15. The van der Waals surface area contributed by atoms with E-state index in [9.17, 15) is 9.59 Å². The van der Waals surface area contributed by atoms with E-state index in [4.69, 9.17) is 14.2 Å². The number of rotatable bonds is 4. The van der Waals surface area contributed by atoms with E-state index in [0.29, 0.717) is 24.6 Å². The molecule has 1 amide bonds. The number of esters is 1. The van der Waals surface area contributed by atoms with Gasteiger partial charge < -0.3 is 24.0 Å². The number of piperazine rings is 1. The zero-order chi connectivity index (χ0) is 20.2. The topological polar surface area (TPSA) is 68.3 Å². The highest BCUT2D eigenvalue weighted by Gasteiger charge is 2.33. The first kappa shape index (κ1) is 19.1. The Labute approximate surface area is 169 Å². The second kappa shape index (κ2) is 8.43. The highest BCUT2D eigenvalue weighted by molar-refractivity contribution is 5.85. The summed E-state index contributed by atoms with van der Waals surface area (Å²) in [6, 6.07) is 17.3. The molecule has 0 N–H and O–H groups in total. The molecule has 0 aromatic heterocycles. The first-order valence-electron chi connectivity index (χ1n) is 9.79. The van der Waals surface area contributed by atoms with Crippen molar-refractivity contribution in [2.45, 2.75) is 19.1 Å². The number of carbonyl (C=O) groups excluding carboxylic acids is 2. The molecule has 1 fully saturated rings. The number of anilines is 1. The second-order valence-corrected chi connectivity index (χ2v) is 7.09. The van der Waals surface area contributed by atoms with Gasteiger partial charge in [0.1, 0.15) is 6.61 Å². The lowest BCUT2D eigenvalue weighted by Gasteiger charge is -2.37. The standard InChI is InChI=1S/C22H24N2O5/c1-16(28-22(26)20-15-27-18-9-5-6-10-19(18)29-20)21(25)24-13-11-23(12-14-24)17-7-3-2-4-8-17/h2-10,16,20H,11-15H2,1H3/t16-,20+/m0/s1. The number of ether oxygens (including phenoxy) is 3. The van der Waals surface area contributed by atoms with Crippen LogP contribution in [0.25, 0.3) is 0 Å². The zero-order valence-electron chi connectivity index (χ0n) is 16.3. The summed E-state index contributed by atoms with van der Waals surface area (Å²) < 4.78 is 16.6. The molecule has 2 aromatic rings. The van der Waals surface area contributed by atoms with E-state index in [1.807, 2.05) is 24.3 Å². The quantitative estimate of drug-likeness (QED) is 0.738. The molecule has 2 aliphatic rings. The van der Waals surface area contributed by atoms with Crippen molar-refractivity contribution in [3.63, 3.8) is 0 Å². The maximum absolute atomic E-state index is 12.7. The molecule has 2 aliphatic heterocycles. The average Bonchev–Trinajstić information content (AvgIpc) is 2.79. The van der Waals surface area contributed by atoms with E-state index in [1.54, 1.807) is 30.0 Å². The normalized spacial score (nSPS) is 19.4. The van der Waals surface area contributed by atoms with Crippen molar-refractivity contribution < 1.29 is 23.8 Å². The third kappa shape index (κ3) is 4.29. The number of hydrogen-bond donors (Lipinski definition) is 0. The molecule has 7 heteroatoms. The fourth-order valence-corrected chi connectivity index (χ4v) is 3.52. The molecular formula is C22H24N2O5. The molecule has 0 spiro atoms. The minimum absolute atomic E-state index is 0.0620. The molecule has 7 nitrogen and oxygen atoms in total. The summed E-state index contributed by atoms with van der Waals surface area (Å²) in [7, 11) is 0. The minimum Gasteiger partial charge on any atom is -0.485 e. The number of fused-ring (bicyclic) bond motifs is 1. The molecule has 4 rings (SSSR count). The van der Waals surface area contributed by atoms with Gasteiger partial charge in [-0.15, -0.1) is 0 Å². The lowest BCUT2D eigenvalue weighted by Crippen LogP contribution is -2.52. The monoisotopic (exact) mass is 396 g/mol. The number of para-hydroxylation sites is 3. The Morgan fingerprint density at radius 2 is 1.62 bits per heavy atom. The van der Waals surface area contributed by atoms with Gasteiger partial charge in [-0.1, -0.05) is 30.3 Å². The smallest absolute Gasteiger partial charge is 0.351 e. The molecule has 0 bridgehead atoms. The maximum Gasteiger partial charge on any atom is 0.351 e. The Bertz CT molecular complexity index is 865. The summed E-state index contributed by atoms with van der Waals surface area (Å²) >= 11 is 0. The van der Waals surface area contributed by atoms with E-state index in [-0.39, 0.29) is 12.5 Å². The largest absolute Gasteiger partial charge is 0.485 e. The summed E-state index contributed by atoms with van der Waals surface area (Å²) in [6.07, 6.45) is -1.75. The van der Waals surface area contributed by atoms with Gasteiger partial charge in [-0.2, -0.15) is 0 Å². The van der Waals surface area contributed by atoms with Crippen LogP contribution in [0.5, 0.6) is 11.5 Å². The molecule has 2 heterocycles. The van der Waals surface area contributed by atoms with Gasteiger partial charge in [0.05, 0.1) is 0 Å². The van der Waals surface area contributed by atoms with Crippen molar-refractivity contribution in [2.75, 3.05) is 37.7 Å². The van der Waals surface area contributed by atoms with Gasteiger partial charge in [-0.05, 0) is 31.2 Å². The number of carbonyl (C=O) groups is 2. The van der Waals surface area contributed by atoms with Crippen molar-refractivity contribution in [1.82, 2.24) is 4.90 Å². The zero-order valence-corrected chi connectivity index (χ0v) is 16.3. The molecule has 2 aromatic carbocycles. The van der Waals surface area contributed by atoms with E-state index in [1.165, 1.54) is 0 Å². The summed E-state index contributed by atoms with van der Waals surface area (Å²) in [5, 5.41) is 0. The Hall–Kier alpha value is -3.22. The fourth-order valence-electron chi connectivity index (χ4n) is 3.52. The Morgan fingerprint density at radius 3 is 2.34 bits per heavy atom. The van der Waals surface area contributed by atoms with E-state index in [0.717, 1.165) is 18.8 Å². The van der Waals surface area contributed by atoms with Crippen LogP contribution in [0.1, 0.15) is 6.92 Å². The van der Waals surface area contributed by atoms with Crippen molar-refractivity contribution >= 4 is 17.6 Å². The van der Waals surface area contributed by atoms with Crippen molar-refractivity contribution in [3.8, 4) is 11.5 Å². The van der Waals surface area contributed by atoms with Crippen LogP contribution in [0.15, 0.2) is 54.6 Å².